The Hall–Kier alpha value is -0.540. The normalized spacial score (nSPS) is 10.9. The Kier molecular flexibility index (Phi) is 4.42. The van der Waals surface area contributed by atoms with E-state index in [1.165, 1.54) is 6.07 Å². The van der Waals surface area contributed by atoms with Gasteiger partial charge in [-0.15, -0.1) is 11.8 Å². The molecule has 0 aliphatic carbocycles. The monoisotopic (exact) mass is 213 g/mol. The number of thioether (sulfide) groups is 1. The van der Waals surface area contributed by atoms with Gasteiger partial charge in [0.05, 0.1) is 0 Å². The van der Waals surface area contributed by atoms with Crippen molar-refractivity contribution in [3.63, 3.8) is 0 Å². The fourth-order valence-corrected chi connectivity index (χ4v) is 1.92. The third kappa shape index (κ3) is 3.31. The van der Waals surface area contributed by atoms with Gasteiger partial charge in [0.1, 0.15) is 5.82 Å². The summed E-state index contributed by atoms with van der Waals surface area (Å²) >= 11 is 1.56. The Bertz CT molecular complexity index is 299. The first-order valence-corrected chi connectivity index (χ1v) is 5.73. The van der Waals surface area contributed by atoms with Crippen molar-refractivity contribution in [3.05, 3.63) is 29.6 Å². The summed E-state index contributed by atoms with van der Waals surface area (Å²) in [5.41, 5.74) is 6.26. The predicted molar refractivity (Wildman–Crippen MR) is 59.9 cm³/mol. The fourth-order valence-electron chi connectivity index (χ4n) is 1.04. The quantitative estimate of drug-likeness (QED) is 0.778. The van der Waals surface area contributed by atoms with Gasteiger partial charge >= 0.3 is 0 Å². The summed E-state index contributed by atoms with van der Waals surface area (Å²) in [5, 5.41) is 0. The number of hydrogen-bond acceptors (Lipinski definition) is 2. The van der Waals surface area contributed by atoms with E-state index in [1.807, 2.05) is 12.1 Å². The first kappa shape index (κ1) is 11.5. The molecular formula is C11H16FNS. The van der Waals surface area contributed by atoms with E-state index < -0.39 is 0 Å². The Morgan fingerprint density at radius 1 is 1.43 bits per heavy atom. The molecule has 3 heteroatoms. The fraction of sp³-hybridized carbons (Fsp3) is 0.455. The number of hydrogen-bond donors (Lipinski definition) is 1. The average molecular weight is 213 g/mol. The van der Waals surface area contributed by atoms with Gasteiger partial charge in [-0.2, -0.15) is 0 Å². The van der Waals surface area contributed by atoms with Gasteiger partial charge < -0.3 is 5.73 Å². The molecular weight excluding hydrogens is 197 g/mol. The lowest BCUT2D eigenvalue weighted by Crippen LogP contribution is -1.98. The van der Waals surface area contributed by atoms with Crippen LogP contribution in [0.25, 0.3) is 0 Å². The van der Waals surface area contributed by atoms with Crippen molar-refractivity contribution >= 4 is 11.8 Å². The lowest BCUT2D eigenvalue weighted by Gasteiger charge is -2.06. The molecule has 0 amide bonds. The second kappa shape index (κ2) is 5.37. The smallest absolute Gasteiger partial charge is 0.137 e. The minimum atomic E-state index is -0.154. The van der Waals surface area contributed by atoms with Gasteiger partial charge in [-0.25, -0.2) is 4.39 Å². The summed E-state index contributed by atoms with van der Waals surface area (Å²) in [6.45, 7) is 4.64. The first-order valence-electron chi connectivity index (χ1n) is 4.74. The third-order valence-corrected chi connectivity index (χ3v) is 3.28. The molecule has 1 aromatic carbocycles. The molecule has 0 saturated carbocycles. The minimum Gasteiger partial charge on any atom is -0.326 e. The Morgan fingerprint density at radius 3 is 2.64 bits per heavy atom. The first-order chi connectivity index (χ1) is 6.63. The number of nitrogens with two attached hydrogens (primary N) is 1. The Morgan fingerprint density at radius 2 is 2.14 bits per heavy atom. The maximum Gasteiger partial charge on any atom is 0.137 e. The van der Waals surface area contributed by atoms with Gasteiger partial charge in [0.25, 0.3) is 0 Å². The molecule has 0 spiro atoms. The summed E-state index contributed by atoms with van der Waals surface area (Å²) < 4.78 is 13.4. The topological polar surface area (TPSA) is 26.0 Å². The van der Waals surface area contributed by atoms with Crippen LogP contribution in [0, 0.1) is 11.7 Å². The molecule has 0 aliphatic heterocycles. The predicted octanol–water partition coefficient (Wildman–Crippen LogP) is 3.03. The molecule has 78 valence electrons. The van der Waals surface area contributed by atoms with Crippen LogP contribution in [-0.2, 0) is 6.54 Å². The molecule has 14 heavy (non-hydrogen) atoms. The van der Waals surface area contributed by atoms with Crippen LogP contribution in [0.1, 0.15) is 19.4 Å². The van der Waals surface area contributed by atoms with E-state index in [-0.39, 0.29) is 5.82 Å². The van der Waals surface area contributed by atoms with E-state index in [4.69, 9.17) is 5.73 Å². The zero-order valence-corrected chi connectivity index (χ0v) is 9.40. The largest absolute Gasteiger partial charge is 0.326 e. The summed E-state index contributed by atoms with van der Waals surface area (Å²) in [4.78, 5) is 0.718. The maximum atomic E-state index is 13.4. The zero-order valence-electron chi connectivity index (χ0n) is 8.59. The third-order valence-electron chi connectivity index (χ3n) is 1.80. The van der Waals surface area contributed by atoms with Crippen molar-refractivity contribution < 1.29 is 4.39 Å². The highest BCUT2D eigenvalue weighted by atomic mass is 32.2. The van der Waals surface area contributed by atoms with E-state index in [1.54, 1.807) is 11.8 Å². The molecule has 0 bridgehead atoms. The van der Waals surface area contributed by atoms with Crippen LogP contribution >= 0.6 is 11.8 Å². The van der Waals surface area contributed by atoms with E-state index >= 15 is 0 Å². The molecule has 1 aromatic rings. The number of benzene rings is 1. The van der Waals surface area contributed by atoms with Crippen LogP contribution in [0.2, 0.25) is 0 Å². The molecule has 0 atom stereocenters. The number of halogens is 1. The van der Waals surface area contributed by atoms with Gasteiger partial charge in [0.15, 0.2) is 0 Å². The lowest BCUT2D eigenvalue weighted by atomic mass is 10.2. The molecule has 1 nitrogen and oxygen atoms in total. The van der Waals surface area contributed by atoms with Crippen LogP contribution in [0.4, 0.5) is 4.39 Å². The van der Waals surface area contributed by atoms with Crippen molar-refractivity contribution in [2.75, 3.05) is 5.75 Å². The van der Waals surface area contributed by atoms with E-state index in [0.29, 0.717) is 12.5 Å². The number of rotatable bonds is 4. The van der Waals surface area contributed by atoms with Crippen molar-refractivity contribution in [1.82, 2.24) is 0 Å². The molecule has 0 fully saturated rings. The van der Waals surface area contributed by atoms with Gasteiger partial charge in [-0.05, 0) is 23.6 Å². The highest BCUT2D eigenvalue weighted by Gasteiger charge is 2.04. The zero-order chi connectivity index (χ0) is 10.6. The molecule has 0 saturated heterocycles. The van der Waals surface area contributed by atoms with Gasteiger partial charge in [0.2, 0.25) is 0 Å². The van der Waals surface area contributed by atoms with Crippen LogP contribution < -0.4 is 5.73 Å². The van der Waals surface area contributed by atoms with E-state index in [0.717, 1.165) is 16.2 Å². The van der Waals surface area contributed by atoms with Crippen LogP contribution in [0.3, 0.4) is 0 Å². The van der Waals surface area contributed by atoms with Crippen molar-refractivity contribution in [2.45, 2.75) is 25.3 Å². The Labute approximate surface area is 88.9 Å². The second-order valence-corrected chi connectivity index (χ2v) is 4.74. The van der Waals surface area contributed by atoms with E-state index in [2.05, 4.69) is 13.8 Å². The molecule has 1 rings (SSSR count). The standard InChI is InChI=1S/C11H16FNS/c1-8(2)7-14-11-4-3-9(6-13)5-10(11)12/h3-5,8H,6-7,13H2,1-2H3. The minimum absolute atomic E-state index is 0.154. The van der Waals surface area contributed by atoms with Gasteiger partial charge in [0, 0.05) is 17.2 Å². The van der Waals surface area contributed by atoms with Gasteiger partial charge in [-0.3, -0.25) is 0 Å². The summed E-state index contributed by atoms with van der Waals surface area (Å²) in [6, 6.07) is 5.21. The second-order valence-electron chi connectivity index (χ2n) is 3.67. The Balaban J connectivity index is 2.69. The lowest BCUT2D eigenvalue weighted by molar-refractivity contribution is 0.599. The summed E-state index contributed by atoms with van der Waals surface area (Å²) in [5.74, 6) is 1.37. The molecule has 2 N–H and O–H groups in total. The van der Waals surface area contributed by atoms with Gasteiger partial charge in [-0.1, -0.05) is 19.9 Å². The van der Waals surface area contributed by atoms with Crippen molar-refractivity contribution in [1.29, 1.82) is 0 Å². The van der Waals surface area contributed by atoms with Crippen LogP contribution in [0.5, 0.6) is 0 Å². The highest BCUT2D eigenvalue weighted by Crippen LogP contribution is 2.24. The summed E-state index contributed by atoms with van der Waals surface area (Å²) in [7, 11) is 0. The van der Waals surface area contributed by atoms with E-state index in [9.17, 15) is 4.39 Å². The molecule has 0 heterocycles. The maximum absolute atomic E-state index is 13.4. The highest BCUT2D eigenvalue weighted by molar-refractivity contribution is 7.99. The average Bonchev–Trinajstić information content (AvgIpc) is 2.15. The van der Waals surface area contributed by atoms with Crippen LogP contribution in [0.15, 0.2) is 23.1 Å². The molecule has 0 radical (unpaired) electrons. The summed E-state index contributed by atoms with van der Waals surface area (Å²) in [6.07, 6.45) is 0. The molecule has 0 aliphatic rings. The SMILES string of the molecule is CC(C)CSc1ccc(CN)cc1F. The van der Waals surface area contributed by atoms with Crippen molar-refractivity contribution in [3.8, 4) is 0 Å². The molecule has 0 unspecified atom stereocenters. The van der Waals surface area contributed by atoms with Crippen LogP contribution in [-0.4, -0.2) is 5.75 Å². The molecule has 0 aromatic heterocycles. The van der Waals surface area contributed by atoms with Crippen molar-refractivity contribution in [2.24, 2.45) is 11.7 Å².